The van der Waals surface area contributed by atoms with Gasteiger partial charge in [-0.25, -0.2) is 0 Å². The van der Waals surface area contributed by atoms with Crippen molar-refractivity contribution >= 4 is 17.5 Å². The Morgan fingerprint density at radius 1 is 1.22 bits per heavy atom. The lowest BCUT2D eigenvalue weighted by molar-refractivity contribution is 0.0745. The molecule has 1 heterocycles. The Labute approximate surface area is 163 Å². The van der Waals surface area contributed by atoms with Crippen LogP contribution in [0, 0.1) is 13.8 Å². The highest BCUT2D eigenvalue weighted by atomic mass is 35.5. The molecule has 0 saturated carbocycles. The van der Waals surface area contributed by atoms with Gasteiger partial charge < -0.3 is 9.42 Å². The van der Waals surface area contributed by atoms with Gasteiger partial charge in [0.25, 0.3) is 5.91 Å². The number of aryl methyl sites for hydroxylation is 2. The van der Waals surface area contributed by atoms with Crippen LogP contribution >= 0.6 is 11.6 Å². The average Bonchev–Trinajstić information content (AvgIpc) is 3.09. The number of hydrogen-bond acceptors (Lipinski definition) is 4. The van der Waals surface area contributed by atoms with Crippen molar-refractivity contribution in [3.8, 4) is 11.4 Å². The number of rotatable bonds is 6. The van der Waals surface area contributed by atoms with Crippen molar-refractivity contribution < 1.29 is 9.32 Å². The molecule has 2 aromatic carbocycles. The molecule has 0 aliphatic carbocycles. The van der Waals surface area contributed by atoms with Crippen molar-refractivity contribution in [1.29, 1.82) is 0 Å². The third kappa shape index (κ3) is 4.44. The van der Waals surface area contributed by atoms with E-state index in [9.17, 15) is 4.79 Å². The van der Waals surface area contributed by atoms with Crippen molar-refractivity contribution in [3.05, 3.63) is 82.7 Å². The van der Waals surface area contributed by atoms with E-state index in [1.807, 2.05) is 44.2 Å². The number of amides is 1. The van der Waals surface area contributed by atoms with Crippen LogP contribution in [0.4, 0.5) is 0 Å². The molecule has 0 fully saturated rings. The van der Waals surface area contributed by atoms with E-state index >= 15 is 0 Å². The Morgan fingerprint density at radius 3 is 2.70 bits per heavy atom. The first-order valence-electron chi connectivity index (χ1n) is 8.54. The first kappa shape index (κ1) is 18.9. The van der Waals surface area contributed by atoms with Crippen LogP contribution in [0.25, 0.3) is 11.4 Å². The first-order valence-corrected chi connectivity index (χ1v) is 8.91. The smallest absolute Gasteiger partial charge is 0.256 e. The molecule has 3 rings (SSSR count). The predicted octanol–water partition coefficient (Wildman–Crippen LogP) is 4.84. The molecule has 1 aromatic heterocycles. The summed E-state index contributed by atoms with van der Waals surface area (Å²) in [6.45, 7) is 8.16. The Balaban J connectivity index is 1.82. The average molecular weight is 382 g/mol. The minimum atomic E-state index is -0.213. The zero-order chi connectivity index (χ0) is 19.4. The van der Waals surface area contributed by atoms with E-state index in [-0.39, 0.29) is 12.5 Å². The zero-order valence-electron chi connectivity index (χ0n) is 15.3. The highest BCUT2D eigenvalue weighted by molar-refractivity contribution is 6.33. The SMILES string of the molecule is C=CCN(Cc1nc(-c2cccc(C)c2)no1)C(=O)c1ccc(C)cc1Cl. The Hall–Kier alpha value is -2.92. The number of benzene rings is 2. The van der Waals surface area contributed by atoms with Gasteiger partial charge >= 0.3 is 0 Å². The van der Waals surface area contributed by atoms with Crippen LogP contribution in [-0.4, -0.2) is 27.5 Å². The number of halogens is 1. The summed E-state index contributed by atoms with van der Waals surface area (Å²) in [7, 11) is 0. The summed E-state index contributed by atoms with van der Waals surface area (Å²) in [5.41, 5.74) is 3.40. The van der Waals surface area contributed by atoms with Gasteiger partial charge in [-0.2, -0.15) is 4.98 Å². The monoisotopic (exact) mass is 381 g/mol. The molecule has 0 aliphatic heterocycles. The van der Waals surface area contributed by atoms with Gasteiger partial charge in [-0.15, -0.1) is 6.58 Å². The lowest BCUT2D eigenvalue weighted by Gasteiger charge is -2.19. The van der Waals surface area contributed by atoms with E-state index < -0.39 is 0 Å². The van der Waals surface area contributed by atoms with Crippen LogP contribution in [-0.2, 0) is 6.54 Å². The van der Waals surface area contributed by atoms with Gasteiger partial charge in [0, 0.05) is 12.1 Å². The first-order chi connectivity index (χ1) is 13.0. The molecule has 0 radical (unpaired) electrons. The molecule has 1 amide bonds. The number of nitrogens with zero attached hydrogens (tertiary/aromatic N) is 3. The van der Waals surface area contributed by atoms with Crippen molar-refractivity contribution in [1.82, 2.24) is 15.0 Å². The largest absolute Gasteiger partial charge is 0.337 e. The normalized spacial score (nSPS) is 10.6. The topological polar surface area (TPSA) is 59.2 Å². The molecule has 0 atom stereocenters. The van der Waals surface area contributed by atoms with E-state index in [1.165, 1.54) is 0 Å². The summed E-state index contributed by atoms with van der Waals surface area (Å²) < 4.78 is 5.35. The van der Waals surface area contributed by atoms with Crippen LogP contribution < -0.4 is 0 Å². The fourth-order valence-corrected chi connectivity index (χ4v) is 3.04. The Morgan fingerprint density at radius 2 is 2.00 bits per heavy atom. The van der Waals surface area contributed by atoms with Crippen molar-refractivity contribution in [3.63, 3.8) is 0 Å². The summed E-state index contributed by atoms with van der Waals surface area (Å²) in [6, 6.07) is 13.2. The molecule has 0 unspecified atom stereocenters. The van der Waals surface area contributed by atoms with E-state index in [0.29, 0.717) is 28.8 Å². The molecule has 3 aromatic rings. The summed E-state index contributed by atoms with van der Waals surface area (Å²) >= 11 is 6.25. The Kier molecular flexibility index (Phi) is 5.72. The summed E-state index contributed by atoms with van der Waals surface area (Å²) in [4.78, 5) is 18.9. The van der Waals surface area contributed by atoms with E-state index in [1.54, 1.807) is 23.1 Å². The second-order valence-corrected chi connectivity index (χ2v) is 6.75. The number of carbonyl (C=O) groups is 1. The minimum Gasteiger partial charge on any atom is -0.337 e. The molecular formula is C21H20ClN3O2. The minimum absolute atomic E-state index is 0.174. The molecule has 138 valence electrons. The summed E-state index contributed by atoms with van der Waals surface area (Å²) in [6.07, 6.45) is 1.65. The van der Waals surface area contributed by atoms with Gasteiger partial charge in [0.05, 0.1) is 10.6 Å². The van der Waals surface area contributed by atoms with Crippen LogP contribution in [0.2, 0.25) is 5.02 Å². The van der Waals surface area contributed by atoms with Crippen molar-refractivity contribution in [2.75, 3.05) is 6.54 Å². The van der Waals surface area contributed by atoms with Gasteiger partial charge in [-0.05, 0) is 37.6 Å². The fraction of sp³-hybridized carbons (Fsp3) is 0.190. The van der Waals surface area contributed by atoms with Gasteiger partial charge in [-0.3, -0.25) is 4.79 Å². The van der Waals surface area contributed by atoms with Crippen LogP contribution in [0.5, 0.6) is 0 Å². The zero-order valence-corrected chi connectivity index (χ0v) is 16.0. The molecule has 5 nitrogen and oxygen atoms in total. The highest BCUT2D eigenvalue weighted by Gasteiger charge is 2.20. The molecule has 0 N–H and O–H groups in total. The molecular weight excluding hydrogens is 362 g/mol. The number of hydrogen-bond donors (Lipinski definition) is 0. The predicted molar refractivity (Wildman–Crippen MR) is 106 cm³/mol. The van der Waals surface area contributed by atoms with Gasteiger partial charge in [0.2, 0.25) is 11.7 Å². The number of aromatic nitrogens is 2. The van der Waals surface area contributed by atoms with Crippen molar-refractivity contribution in [2.45, 2.75) is 20.4 Å². The maximum absolute atomic E-state index is 12.9. The molecule has 0 saturated heterocycles. The van der Waals surface area contributed by atoms with Crippen LogP contribution in [0.1, 0.15) is 27.4 Å². The molecule has 0 bridgehead atoms. The van der Waals surface area contributed by atoms with Crippen molar-refractivity contribution in [2.24, 2.45) is 0 Å². The lowest BCUT2D eigenvalue weighted by Crippen LogP contribution is -2.31. The molecule has 27 heavy (non-hydrogen) atoms. The molecule has 0 spiro atoms. The van der Waals surface area contributed by atoms with Crippen LogP contribution in [0.15, 0.2) is 59.6 Å². The fourth-order valence-electron chi connectivity index (χ4n) is 2.72. The maximum Gasteiger partial charge on any atom is 0.256 e. The van der Waals surface area contributed by atoms with E-state index in [4.69, 9.17) is 16.1 Å². The quantitative estimate of drug-likeness (QED) is 0.573. The lowest BCUT2D eigenvalue weighted by atomic mass is 10.1. The van der Waals surface area contributed by atoms with E-state index in [2.05, 4.69) is 16.7 Å². The van der Waals surface area contributed by atoms with E-state index in [0.717, 1.165) is 16.7 Å². The van der Waals surface area contributed by atoms with Gasteiger partial charge in [0.15, 0.2) is 0 Å². The third-order valence-electron chi connectivity index (χ3n) is 4.06. The molecule has 0 aliphatic rings. The maximum atomic E-state index is 12.9. The molecule has 6 heteroatoms. The highest BCUT2D eigenvalue weighted by Crippen LogP contribution is 2.21. The van der Waals surface area contributed by atoms with Crippen LogP contribution in [0.3, 0.4) is 0 Å². The summed E-state index contributed by atoms with van der Waals surface area (Å²) in [5, 5.41) is 4.44. The third-order valence-corrected chi connectivity index (χ3v) is 4.37. The standard InChI is InChI=1S/C21H20ClN3O2/c1-4-10-25(21(26)17-9-8-15(3)12-18(17)22)13-19-23-20(24-27-19)16-7-5-6-14(2)11-16/h4-9,11-12H,1,10,13H2,2-3H3. The van der Waals surface area contributed by atoms with Gasteiger partial charge in [-0.1, -0.05) is 52.7 Å². The second kappa shape index (κ2) is 8.18. The van der Waals surface area contributed by atoms with Gasteiger partial charge in [0.1, 0.15) is 6.54 Å². The Bertz CT molecular complexity index is 981. The second-order valence-electron chi connectivity index (χ2n) is 6.34. The summed E-state index contributed by atoms with van der Waals surface area (Å²) in [5.74, 6) is 0.633. The number of carbonyl (C=O) groups excluding carboxylic acids is 1.